The summed E-state index contributed by atoms with van der Waals surface area (Å²) in [5.41, 5.74) is 2.01. The molecule has 0 fully saturated rings. The molecule has 3 aromatic rings. The third-order valence-corrected chi connectivity index (χ3v) is 5.82. The molecule has 1 aliphatic rings. The van der Waals surface area contributed by atoms with Gasteiger partial charge in [0.15, 0.2) is 0 Å². The highest BCUT2D eigenvalue weighted by atomic mass is 79.9. The number of benzene rings is 2. The van der Waals surface area contributed by atoms with Gasteiger partial charge < -0.3 is 0 Å². The van der Waals surface area contributed by atoms with Crippen LogP contribution < -0.4 is 5.56 Å². The number of nitrogens with zero attached hydrogens (tertiary/aromatic N) is 1. The van der Waals surface area contributed by atoms with Gasteiger partial charge in [-0.1, -0.05) is 58.0 Å². The van der Waals surface area contributed by atoms with Crippen LogP contribution >= 0.6 is 27.7 Å². The molecule has 2 nitrogen and oxygen atoms in total. The zero-order chi connectivity index (χ0) is 16.1. The fourth-order valence-corrected chi connectivity index (χ4v) is 4.97. The quantitative estimate of drug-likeness (QED) is 0.458. The first-order valence-electron chi connectivity index (χ1n) is 7.44. The van der Waals surface area contributed by atoms with E-state index in [1.807, 2.05) is 48.8 Å². The number of thioether (sulfide) groups is 1. The molecule has 0 saturated carbocycles. The highest BCUT2D eigenvalue weighted by Gasteiger charge is 2.24. The second-order valence-corrected chi connectivity index (χ2v) is 7.41. The van der Waals surface area contributed by atoms with E-state index in [0.29, 0.717) is 0 Å². The molecule has 2 aromatic carbocycles. The molecule has 0 N–H and O–H groups in total. The first-order valence-corrected chi connectivity index (χ1v) is 9.05. The molecule has 0 bridgehead atoms. The fraction of sp³-hybridized carbons (Fsp3) is 0.105. The van der Waals surface area contributed by atoms with Crippen LogP contribution in [0.2, 0.25) is 0 Å². The number of pyridine rings is 1. The fourth-order valence-electron chi connectivity index (χ4n) is 3.20. The van der Waals surface area contributed by atoms with E-state index in [-0.39, 0.29) is 5.56 Å². The maximum Gasteiger partial charge on any atom is 0.263 e. The average molecular weight is 384 g/mol. The molecule has 0 atom stereocenters. The van der Waals surface area contributed by atoms with Gasteiger partial charge in [-0.3, -0.25) is 9.36 Å². The highest BCUT2D eigenvalue weighted by molar-refractivity contribution is 9.10. The number of halogens is 1. The number of aromatic nitrogens is 1. The van der Waals surface area contributed by atoms with Crippen molar-refractivity contribution in [2.45, 2.75) is 18.7 Å². The summed E-state index contributed by atoms with van der Waals surface area (Å²) >= 11 is 5.33. The lowest BCUT2D eigenvalue weighted by molar-refractivity contribution is 1.07. The van der Waals surface area contributed by atoms with Crippen LogP contribution in [0.25, 0.3) is 27.4 Å². The Morgan fingerprint density at radius 3 is 2.48 bits per heavy atom. The number of hydrogen-bond donors (Lipinski definition) is 0. The number of fused-ring (bicyclic) bond motifs is 2. The van der Waals surface area contributed by atoms with E-state index in [1.165, 1.54) is 0 Å². The van der Waals surface area contributed by atoms with E-state index in [1.54, 1.807) is 11.8 Å². The van der Waals surface area contributed by atoms with Gasteiger partial charge in [0.1, 0.15) is 0 Å². The Kier molecular flexibility index (Phi) is 3.47. The minimum Gasteiger partial charge on any atom is -0.274 e. The first-order chi connectivity index (χ1) is 11.2. The monoisotopic (exact) mass is 383 g/mol. The van der Waals surface area contributed by atoms with Gasteiger partial charge in [0.25, 0.3) is 5.56 Å². The molecule has 0 spiro atoms. The third-order valence-electron chi connectivity index (χ3n) is 4.16. The summed E-state index contributed by atoms with van der Waals surface area (Å²) in [4.78, 5) is 15.4. The molecule has 4 rings (SSSR count). The maximum absolute atomic E-state index is 13.1. The molecule has 0 amide bonds. The molecule has 0 saturated heterocycles. The van der Waals surface area contributed by atoms with Crippen LogP contribution in [0.5, 0.6) is 0 Å². The summed E-state index contributed by atoms with van der Waals surface area (Å²) in [6, 6.07) is 12.0. The predicted octanol–water partition coefficient (Wildman–Crippen LogP) is 5.79. The minimum absolute atomic E-state index is 0.0458. The second kappa shape index (κ2) is 5.39. The van der Waals surface area contributed by atoms with E-state index in [4.69, 9.17) is 0 Å². The van der Waals surface area contributed by atoms with Gasteiger partial charge in [-0.2, -0.15) is 0 Å². The summed E-state index contributed by atoms with van der Waals surface area (Å²) in [7, 11) is 0. The summed E-state index contributed by atoms with van der Waals surface area (Å²) in [6.45, 7) is 3.99. The Balaban J connectivity index is 2.36. The van der Waals surface area contributed by atoms with Crippen molar-refractivity contribution in [3.8, 4) is 0 Å². The van der Waals surface area contributed by atoms with Crippen LogP contribution in [-0.2, 0) is 0 Å². The van der Waals surface area contributed by atoms with Gasteiger partial charge in [-0.15, -0.1) is 0 Å². The van der Waals surface area contributed by atoms with Gasteiger partial charge in [-0.05, 0) is 37.4 Å². The molecule has 23 heavy (non-hydrogen) atoms. The average Bonchev–Trinajstić information content (AvgIpc) is 2.57. The maximum atomic E-state index is 13.1. The zero-order valence-electron chi connectivity index (χ0n) is 12.8. The number of hydrogen-bond acceptors (Lipinski definition) is 2. The van der Waals surface area contributed by atoms with E-state index >= 15 is 0 Å². The number of allylic oxidation sites excluding steroid dienone is 3. The Morgan fingerprint density at radius 1 is 1.04 bits per heavy atom. The van der Waals surface area contributed by atoms with E-state index in [0.717, 1.165) is 41.6 Å². The zero-order valence-corrected chi connectivity index (χ0v) is 15.2. The Labute approximate surface area is 146 Å². The SMILES string of the molecule is C/C=C1/Sc2cc(Br)cc3c4ccccc4c(=O)n(c23)/C1=C/C. The smallest absolute Gasteiger partial charge is 0.263 e. The molecule has 4 heteroatoms. The van der Waals surface area contributed by atoms with E-state index < -0.39 is 0 Å². The molecule has 1 aliphatic heterocycles. The van der Waals surface area contributed by atoms with Crippen molar-refractivity contribution in [3.63, 3.8) is 0 Å². The lowest BCUT2D eigenvalue weighted by atomic mass is 10.1. The summed E-state index contributed by atoms with van der Waals surface area (Å²) in [5, 5.41) is 2.86. The normalized spacial score (nSPS) is 17.5. The van der Waals surface area contributed by atoms with Crippen molar-refractivity contribution in [2.75, 3.05) is 0 Å². The Morgan fingerprint density at radius 2 is 1.78 bits per heavy atom. The van der Waals surface area contributed by atoms with Gasteiger partial charge in [0.05, 0.1) is 11.2 Å². The lowest BCUT2D eigenvalue weighted by Crippen LogP contribution is -2.23. The Hall–Kier alpha value is -1.78. The second-order valence-electron chi connectivity index (χ2n) is 5.42. The van der Waals surface area contributed by atoms with Crippen LogP contribution in [0.15, 0.2) is 67.6 Å². The topological polar surface area (TPSA) is 22.0 Å². The van der Waals surface area contributed by atoms with Gasteiger partial charge in [0, 0.05) is 25.0 Å². The molecule has 1 aromatic heterocycles. The van der Waals surface area contributed by atoms with E-state index in [2.05, 4.69) is 34.1 Å². The van der Waals surface area contributed by atoms with E-state index in [9.17, 15) is 4.79 Å². The molecule has 0 radical (unpaired) electrons. The third kappa shape index (κ3) is 2.05. The number of rotatable bonds is 0. The van der Waals surface area contributed by atoms with Gasteiger partial charge in [0.2, 0.25) is 0 Å². The minimum atomic E-state index is 0.0458. The predicted molar refractivity (Wildman–Crippen MR) is 103 cm³/mol. The van der Waals surface area contributed by atoms with Crippen LogP contribution in [0.3, 0.4) is 0 Å². The summed E-state index contributed by atoms with van der Waals surface area (Å²) in [6.07, 6.45) is 4.08. The summed E-state index contributed by atoms with van der Waals surface area (Å²) < 4.78 is 2.90. The largest absolute Gasteiger partial charge is 0.274 e. The van der Waals surface area contributed by atoms with Crippen molar-refractivity contribution < 1.29 is 0 Å². The highest BCUT2D eigenvalue weighted by Crippen LogP contribution is 2.45. The van der Waals surface area contributed by atoms with Crippen molar-refractivity contribution in [2.24, 2.45) is 0 Å². The molecule has 0 unspecified atom stereocenters. The van der Waals surface area contributed by atoms with Crippen LogP contribution in [-0.4, -0.2) is 4.57 Å². The summed E-state index contributed by atoms with van der Waals surface area (Å²) in [5.74, 6) is 0. The van der Waals surface area contributed by atoms with Crippen LogP contribution in [0.4, 0.5) is 0 Å². The van der Waals surface area contributed by atoms with Crippen molar-refractivity contribution in [1.82, 2.24) is 4.57 Å². The molecular formula is C19H14BrNOS. The van der Waals surface area contributed by atoms with Crippen LogP contribution in [0.1, 0.15) is 13.8 Å². The van der Waals surface area contributed by atoms with Crippen molar-refractivity contribution >= 4 is 55.1 Å². The van der Waals surface area contributed by atoms with Crippen molar-refractivity contribution in [3.05, 3.63) is 68.3 Å². The van der Waals surface area contributed by atoms with Gasteiger partial charge >= 0.3 is 0 Å². The lowest BCUT2D eigenvalue weighted by Gasteiger charge is -2.25. The van der Waals surface area contributed by atoms with Crippen LogP contribution in [0, 0.1) is 0 Å². The standard InChI is InChI=1S/C19H14BrNOS/c1-3-15-16(4-2)23-17-10-11(20)9-14-12-7-5-6-8-13(12)19(22)21(15)18(14)17/h3-10H,1-2H3/b15-3+,16-4+. The molecule has 114 valence electrons. The molecule has 0 aliphatic carbocycles. The molecular weight excluding hydrogens is 370 g/mol. The Bertz CT molecular complexity index is 1090. The van der Waals surface area contributed by atoms with Crippen molar-refractivity contribution in [1.29, 1.82) is 0 Å². The molecule has 2 heterocycles. The first kappa shape index (κ1) is 14.8. The van der Waals surface area contributed by atoms with Gasteiger partial charge in [-0.25, -0.2) is 0 Å².